The van der Waals surface area contributed by atoms with Crippen molar-refractivity contribution in [2.75, 3.05) is 30.4 Å². The second kappa shape index (κ2) is 7.79. The summed E-state index contributed by atoms with van der Waals surface area (Å²) in [6.07, 6.45) is 5.73. The Hall–Kier alpha value is -2.87. The van der Waals surface area contributed by atoms with E-state index < -0.39 is 0 Å². The van der Waals surface area contributed by atoms with Crippen LogP contribution in [-0.4, -0.2) is 40.9 Å². The molecule has 1 N–H and O–H groups in total. The van der Waals surface area contributed by atoms with Crippen LogP contribution in [0.5, 0.6) is 5.75 Å². The molecule has 0 saturated carbocycles. The lowest BCUT2D eigenvalue weighted by atomic mass is 9.97. The van der Waals surface area contributed by atoms with Crippen molar-refractivity contribution in [1.82, 2.24) is 14.8 Å². The van der Waals surface area contributed by atoms with Crippen LogP contribution in [0, 0.1) is 5.92 Å². The van der Waals surface area contributed by atoms with Crippen LogP contribution in [0.15, 0.2) is 48.8 Å². The van der Waals surface area contributed by atoms with Gasteiger partial charge in [0.05, 0.1) is 13.0 Å². The summed E-state index contributed by atoms with van der Waals surface area (Å²) in [5.41, 5.74) is 0.781. The largest absolute Gasteiger partial charge is 0.497 e. The third-order valence-electron chi connectivity index (χ3n) is 4.65. The summed E-state index contributed by atoms with van der Waals surface area (Å²) >= 11 is 1.54. The Morgan fingerprint density at radius 3 is 2.67 bits per heavy atom. The fourth-order valence-corrected chi connectivity index (χ4v) is 4.03. The van der Waals surface area contributed by atoms with Gasteiger partial charge in [-0.2, -0.15) is 0 Å². The lowest BCUT2D eigenvalue weighted by Gasteiger charge is -2.31. The molecular weight excluding hydrogens is 362 g/mol. The molecule has 1 amide bonds. The Kier molecular flexibility index (Phi) is 5.06. The summed E-state index contributed by atoms with van der Waals surface area (Å²) in [5.74, 6) is 0.742. The monoisotopic (exact) mass is 383 g/mol. The molecule has 0 spiro atoms. The maximum absolute atomic E-state index is 12.7. The van der Waals surface area contributed by atoms with E-state index in [1.165, 1.54) is 0 Å². The first-order valence-corrected chi connectivity index (χ1v) is 9.71. The maximum atomic E-state index is 12.7. The summed E-state index contributed by atoms with van der Waals surface area (Å²) in [7, 11) is 1.62. The fourth-order valence-electron chi connectivity index (χ4n) is 3.19. The minimum Gasteiger partial charge on any atom is -0.497 e. The predicted octanol–water partition coefficient (Wildman–Crippen LogP) is 3.19. The molecule has 1 atom stereocenters. The van der Waals surface area contributed by atoms with Crippen LogP contribution >= 0.6 is 11.3 Å². The van der Waals surface area contributed by atoms with Gasteiger partial charge in [0.25, 0.3) is 0 Å². The minimum atomic E-state index is -0.0696. The second-order valence-corrected chi connectivity index (χ2v) is 7.39. The highest BCUT2D eigenvalue weighted by Crippen LogP contribution is 2.28. The summed E-state index contributed by atoms with van der Waals surface area (Å²) in [4.78, 5) is 14.8. The Labute approximate surface area is 161 Å². The molecule has 1 aliphatic heterocycles. The number of ether oxygens (including phenoxy) is 1. The van der Waals surface area contributed by atoms with Crippen LogP contribution < -0.4 is 15.0 Å². The van der Waals surface area contributed by atoms with Gasteiger partial charge in [-0.1, -0.05) is 11.3 Å². The average molecular weight is 383 g/mol. The molecule has 2 aromatic heterocycles. The van der Waals surface area contributed by atoms with E-state index in [0.29, 0.717) is 6.54 Å². The van der Waals surface area contributed by atoms with Crippen LogP contribution in [-0.2, 0) is 4.79 Å². The fraction of sp³-hybridized carbons (Fsp3) is 0.316. The van der Waals surface area contributed by atoms with E-state index in [-0.39, 0.29) is 11.8 Å². The molecule has 7 nitrogen and oxygen atoms in total. The standard InChI is InChI=1S/C19H21N5O2S/c1-26-16-8-6-15(7-9-16)20-17(25)14-5-4-12-24(13-14)19-22-21-18(27-19)23-10-2-3-11-23/h2-3,6-11,14H,4-5,12-13H2,1H3,(H,20,25). The third-order valence-corrected chi connectivity index (χ3v) is 5.65. The second-order valence-electron chi connectivity index (χ2n) is 6.46. The topological polar surface area (TPSA) is 72.3 Å². The van der Waals surface area contributed by atoms with Gasteiger partial charge in [0.1, 0.15) is 5.75 Å². The van der Waals surface area contributed by atoms with Crippen molar-refractivity contribution < 1.29 is 9.53 Å². The molecule has 8 heteroatoms. The van der Waals surface area contributed by atoms with E-state index in [1.54, 1.807) is 18.4 Å². The molecule has 0 bridgehead atoms. The highest BCUT2D eigenvalue weighted by Gasteiger charge is 2.27. The summed E-state index contributed by atoms with van der Waals surface area (Å²) < 4.78 is 7.09. The van der Waals surface area contributed by atoms with Crippen molar-refractivity contribution in [1.29, 1.82) is 0 Å². The molecular formula is C19H21N5O2S. The zero-order valence-electron chi connectivity index (χ0n) is 15.0. The Morgan fingerprint density at radius 1 is 1.19 bits per heavy atom. The zero-order valence-corrected chi connectivity index (χ0v) is 15.9. The van der Waals surface area contributed by atoms with Crippen molar-refractivity contribution in [3.8, 4) is 10.9 Å². The van der Waals surface area contributed by atoms with Crippen molar-refractivity contribution in [2.24, 2.45) is 5.92 Å². The third kappa shape index (κ3) is 3.95. The van der Waals surface area contributed by atoms with Gasteiger partial charge in [-0.05, 0) is 49.2 Å². The molecule has 0 aliphatic carbocycles. The van der Waals surface area contributed by atoms with Gasteiger partial charge < -0.3 is 15.0 Å². The number of carbonyl (C=O) groups excluding carboxylic acids is 1. The normalized spacial score (nSPS) is 16.9. The van der Waals surface area contributed by atoms with Crippen molar-refractivity contribution in [2.45, 2.75) is 12.8 Å². The smallest absolute Gasteiger partial charge is 0.229 e. The number of hydrogen-bond donors (Lipinski definition) is 1. The van der Waals surface area contributed by atoms with Gasteiger partial charge in [0.2, 0.25) is 16.2 Å². The zero-order chi connectivity index (χ0) is 18.6. The highest BCUT2D eigenvalue weighted by atomic mass is 32.1. The minimum absolute atomic E-state index is 0.0417. The van der Waals surface area contributed by atoms with Crippen LogP contribution in [0.1, 0.15) is 12.8 Å². The van der Waals surface area contributed by atoms with Crippen LogP contribution in [0.3, 0.4) is 0 Å². The number of piperidine rings is 1. The highest BCUT2D eigenvalue weighted by molar-refractivity contribution is 7.17. The number of amides is 1. The number of aromatic nitrogens is 3. The number of nitrogens with zero attached hydrogens (tertiary/aromatic N) is 4. The lowest BCUT2D eigenvalue weighted by molar-refractivity contribution is -0.120. The number of hydrogen-bond acceptors (Lipinski definition) is 6. The Balaban J connectivity index is 1.40. The van der Waals surface area contributed by atoms with Crippen molar-refractivity contribution in [3.63, 3.8) is 0 Å². The lowest BCUT2D eigenvalue weighted by Crippen LogP contribution is -2.40. The summed E-state index contributed by atoms with van der Waals surface area (Å²) in [6, 6.07) is 11.3. The molecule has 3 aromatic rings. The molecule has 140 valence electrons. The molecule has 3 heterocycles. The number of rotatable bonds is 5. The van der Waals surface area contributed by atoms with E-state index in [4.69, 9.17) is 4.74 Å². The first kappa shape index (κ1) is 17.5. The Bertz CT molecular complexity index is 891. The molecule has 1 aliphatic rings. The molecule has 1 saturated heterocycles. The molecule has 27 heavy (non-hydrogen) atoms. The number of methoxy groups -OCH3 is 1. The number of nitrogens with one attached hydrogen (secondary N) is 1. The first-order valence-electron chi connectivity index (χ1n) is 8.89. The van der Waals surface area contributed by atoms with Gasteiger partial charge in [-0.15, -0.1) is 10.2 Å². The van der Waals surface area contributed by atoms with E-state index in [1.807, 2.05) is 53.4 Å². The predicted molar refractivity (Wildman–Crippen MR) is 106 cm³/mol. The summed E-state index contributed by atoms with van der Waals surface area (Å²) in [5, 5.41) is 13.3. The van der Waals surface area contributed by atoms with E-state index >= 15 is 0 Å². The summed E-state index contributed by atoms with van der Waals surface area (Å²) in [6.45, 7) is 1.55. The van der Waals surface area contributed by atoms with E-state index in [2.05, 4.69) is 20.4 Å². The molecule has 1 aromatic carbocycles. The van der Waals surface area contributed by atoms with Gasteiger partial charge in [0.15, 0.2) is 0 Å². The number of carbonyl (C=O) groups is 1. The SMILES string of the molecule is COc1ccc(NC(=O)C2CCCN(c3nnc(-n4cccc4)s3)C2)cc1. The number of anilines is 2. The van der Waals surface area contributed by atoms with Crippen LogP contribution in [0.4, 0.5) is 10.8 Å². The van der Waals surface area contributed by atoms with E-state index in [9.17, 15) is 4.79 Å². The molecule has 4 rings (SSSR count). The number of benzene rings is 1. The van der Waals surface area contributed by atoms with Gasteiger partial charge in [-0.3, -0.25) is 9.36 Å². The quantitative estimate of drug-likeness (QED) is 0.733. The molecule has 1 fully saturated rings. The first-order chi connectivity index (χ1) is 13.2. The van der Waals surface area contributed by atoms with Crippen LogP contribution in [0.2, 0.25) is 0 Å². The maximum Gasteiger partial charge on any atom is 0.229 e. The van der Waals surface area contributed by atoms with Gasteiger partial charge in [-0.25, -0.2) is 0 Å². The molecule has 0 radical (unpaired) electrons. The molecule has 1 unspecified atom stereocenters. The Morgan fingerprint density at radius 2 is 1.93 bits per heavy atom. The van der Waals surface area contributed by atoms with E-state index in [0.717, 1.165) is 41.1 Å². The van der Waals surface area contributed by atoms with Crippen LogP contribution in [0.25, 0.3) is 5.13 Å². The van der Waals surface area contributed by atoms with Gasteiger partial charge in [0, 0.05) is 31.2 Å². The van der Waals surface area contributed by atoms with Crippen molar-refractivity contribution >= 4 is 28.1 Å². The average Bonchev–Trinajstić information content (AvgIpc) is 3.40. The van der Waals surface area contributed by atoms with Gasteiger partial charge >= 0.3 is 0 Å². The van der Waals surface area contributed by atoms with Crippen molar-refractivity contribution in [3.05, 3.63) is 48.8 Å².